The maximum atomic E-state index is 12.2. The molecule has 2 fully saturated rings. The molecule has 9 heteroatoms. The van der Waals surface area contributed by atoms with E-state index in [1.54, 1.807) is 4.31 Å². The van der Waals surface area contributed by atoms with Gasteiger partial charge in [0.15, 0.2) is 6.61 Å². The van der Waals surface area contributed by atoms with Crippen LogP contribution in [-0.4, -0.2) is 87.9 Å². The van der Waals surface area contributed by atoms with Gasteiger partial charge in [-0.2, -0.15) is 0 Å². The Bertz CT molecular complexity index is 811. The Labute approximate surface area is 179 Å². The number of amides is 1. The van der Waals surface area contributed by atoms with E-state index in [2.05, 4.69) is 10.2 Å². The highest BCUT2D eigenvalue weighted by atomic mass is 32.2. The highest BCUT2D eigenvalue weighted by Gasteiger charge is 2.35. The summed E-state index contributed by atoms with van der Waals surface area (Å²) in [5, 5.41) is 2.93. The summed E-state index contributed by atoms with van der Waals surface area (Å²) in [7, 11) is -3.17. The maximum absolute atomic E-state index is 12.2. The molecule has 0 bridgehead atoms. The van der Waals surface area contributed by atoms with E-state index >= 15 is 0 Å². The van der Waals surface area contributed by atoms with Gasteiger partial charge in [0.05, 0.1) is 6.26 Å². The number of hydrogen-bond acceptors (Lipinski definition) is 6. The van der Waals surface area contributed by atoms with Crippen LogP contribution in [0.4, 0.5) is 0 Å². The van der Waals surface area contributed by atoms with Gasteiger partial charge in [-0.05, 0) is 43.9 Å². The van der Waals surface area contributed by atoms with Crippen molar-refractivity contribution in [2.24, 2.45) is 0 Å². The lowest BCUT2D eigenvalue weighted by Gasteiger charge is -2.38. The molecule has 3 rings (SSSR count). The lowest BCUT2D eigenvalue weighted by atomic mass is 10.0. The molecule has 1 N–H and O–H groups in total. The average molecular weight is 440 g/mol. The first-order valence-corrected chi connectivity index (χ1v) is 12.4. The number of benzene rings is 1. The van der Waals surface area contributed by atoms with E-state index in [4.69, 9.17) is 9.47 Å². The Morgan fingerprint density at radius 2 is 2.03 bits per heavy atom. The van der Waals surface area contributed by atoms with Crippen molar-refractivity contribution in [3.8, 4) is 5.75 Å². The number of carbonyl (C=O) groups is 1. The molecule has 0 aromatic heterocycles. The van der Waals surface area contributed by atoms with Crippen LogP contribution in [0.2, 0.25) is 0 Å². The molecule has 0 spiro atoms. The Balaban J connectivity index is 1.50. The van der Waals surface area contributed by atoms with Gasteiger partial charge >= 0.3 is 0 Å². The molecule has 1 aromatic rings. The summed E-state index contributed by atoms with van der Waals surface area (Å²) in [5.41, 5.74) is 1.08. The molecule has 2 aliphatic rings. The fraction of sp³-hybridized carbons (Fsp3) is 0.667. The van der Waals surface area contributed by atoms with Crippen molar-refractivity contribution in [1.29, 1.82) is 0 Å². The molecule has 2 saturated heterocycles. The van der Waals surface area contributed by atoms with Crippen molar-refractivity contribution in [3.63, 3.8) is 0 Å². The van der Waals surface area contributed by atoms with Gasteiger partial charge in [0.2, 0.25) is 10.0 Å². The van der Waals surface area contributed by atoms with Crippen molar-refractivity contribution >= 4 is 15.9 Å². The van der Waals surface area contributed by atoms with Crippen molar-refractivity contribution in [2.75, 3.05) is 52.3 Å². The fourth-order valence-corrected chi connectivity index (χ4v) is 5.07. The molecular weight excluding hydrogens is 406 g/mol. The second-order valence-corrected chi connectivity index (χ2v) is 10.1. The van der Waals surface area contributed by atoms with Crippen molar-refractivity contribution in [2.45, 2.75) is 38.3 Å². The number of nitrogens with zero attached hydrogens (tertiary/aromatic N) is 2. The first kappa shape index (κ1) is 23.0. The SMILES string of the molecule is Cc1cccc(OCC(=O)NCCN(C2CCOCC2)C2CCN(S(C)(=O)=O)C2)c1. The molecule has 0 radical (unpaired) electrons. The van der Waals surface area contributed by atoms with Crippen LogP contribution in [0.15, 0.2) is 24.3 Å². The molecule has 30 heavy (non-hydrogen) atoms. The molecule has 2 aliphatic heterocycles. The van der Waals surface area contributed by atoms with Crippen molar-refractivity contribution < 1.29 is 22.7 Å². The highest BCUT2D eigenvalue weighted by Crippen LogP contribution is 2.24. The number of carbonyl (C=O) groups excluding carboxylic acids is 1. The Kier molecular flexibility index (Phi) is 8.10. The maximum Gasteiger partial charge on any atom is 0.257 e. The van der Waals surface area contributed by atoms with Gasteiger partial charge in [-0.15, -0.1) is 0 Å². The van der Waals surface area contributed by atoms with Crippen LogP contribution in [0.1, 0.15) is 24.8 Å². The van der Waals surface area contributed by atoms with Crippen LogP contribution in [0.3, 0.4) is 0 Å². The number of hydrogen-bond donors (Lipinski definition) is 1. The largest absolute Gasteiger partial charge is 0.484 e. The summed E-state index contributed by atoms with van der Waals surface area (Å²) >= 11 is 0. The van der Waals surface area contributed by atoms with Crippen LogP contribution >= 0.6 is 0 Å². The summed E-state index contributed by atoms with van der Waals surface area (Å²) in [6, 6.07) is 8.13. The monoisotopic (exact) mass is 439 g/mol. The van der Waals surface area contributed by atoms with Crippen molar-refractivity contribution in [3.05, 3.63) is 29.8 Å². The van der Waals surface area contributed by atoms with E-state index in [0.29, 0.717) is 38.0 Å². The van der Waals surface area contributed by atoms with Crippen LogP contribution in [-0.2, 0) is 19.6 Å². The van der Waals surface area contributed by atoms with E-state index in [-0.39, 0.29) is 18.6 Å². The number of sulfonamides is 1. The van der Waals surface area contributed by atoms with Crippen molar-refractivity contribution in [1.82, 2.24) is 14.5 Å². The normalized spacial score (nSPS) is 21.1. The van der Waals surface area contributed by atoms with Gasteiger partial charge in [0.1, 0.15) is 5.75 Å². The zero-order valence-corrected chi connectivity index (χ0v) is 18.7. The number of rotatable bonds is 9. The zero-order chi connectivity index (χ0) is 21.6. The minimum Gasteiger partial charge on any atom is -0.484 e. The van der Waals surface area contributed by atoms with E-state index in [0.717, 1.165) is 38.0 Å². The minimum atomic E-state index is -3.17. The molecular formula is C21H33N3O5S. The minimum absolute atomic E-state index is 0.0218. The quantitative estimate of drug-likeness (QED) is 0.618. The van der Waals surface area contributed by atoms with Gasteiger partial charge in [0.25, 0.3) is 5.91 Å². The predicted molar refractivity (Wildman–Crippen MR) is 115 cm³/mol. The number of aryl methyl sites for hydroxylation is 1. The third kappa shape index (κ3) is 6.66. The molecule has 2 heterocycles. The van der Waals surface area contributed by atoms with Crippen LogP contribution in [0, 0.1) is 6.92 Å². The molecule has 0 saturated carbocycles. The van der Waals surface area contributed by atoms with Gasteiger partial charge in [-0.25, -0.2) is 12.7 Å². The summed E-state index contributed by atoms with van der Waals surface area (Å²) in [6.45, 7) is 5.66. The smallest absolute Gasteiger partial charge is 0.257 e. The first-order valence-electron chi connectivity index (χ1n) is 10.6. The predicted octanol–water partition coefficient (Wildman–Crippen LogP) is 1.00. The summed E-state index contributed by atoms with van der Waals surface area (Å²) < 4.78 is 36.4. The van der Waals surface area contributed by atoms with E-state index < -0.39 is 10.0 Å². The molecule has 1 aromatic carbocycles. The molecule has 1 unspecified atom stereocenters. The summed E-state index contributed by atoms with van der Waals surface area (Å²) in [5.74, 6) is 0.522. The second kappa shape index (κ2) is 10.6. The first-order chi connectivity index (χ1) is 14.3. The Morgan fingerprint density at radius 3 is 2.70 bits per heavy atom. The van der Waals surface area contributed by atoms with Gasteiger partial charge < -0.3 is 14.8 Å². The van der Waals surface area contributed by atoms with Gasteiger partial charge in [-0.1, -0.05) is 12.1 Å². The molecule has 1 amide bonds. The van der Waals surface area contributed by atoms with E-state index in [1.807, 2.05) is 31.2 Å². The topological polar surface area (TPSA) is 88.2 Å². The lowest BCUT2D eigenvalue weighted by molar-refractivity contribution is -0.123. The molecule has 8 nitrogen and oxygen atoms in total. The average Bonchev–Trinajstić information content (AvgIpc) is 3.21. The van der Waals surface area contributed by atoms with Crippen LogP contribution in [0.25, 0.3) is 0 Å². The molecule has 0 aliphatic carbocycles. The summed E-state index contributed by atoms with van der Waals surface area (Å²) in [6.07, 6.45) is 3.94. The van der Waals surface area contributed by atoms with Crippen LogP contribution < -0.4 is 10.1 Å². The van der Waals surface area contributed by atoms with E-state index in [9.17, 15) is 13.2 Å². The Hall–Kier alpha value is -1.68. The highest BCUT2D eigenvalue weighted by molar-refractivity contribution is 7.88. The second-order valence-electron chi connectivity index (χ2n) is 8.10. The molecule has 168 valence electrons. The summed E-state index contributed by atoms with van der Waals surface area (Å²) in [4.78, 5) is 14.6. The standard InChI is InChI=1S/C21H33N3O5S/c1-17-4-3-5-20(14-17)29-16-21(25)22-9-11-24(18-7-12-28-13-8-18)19-6-10-23(15-19)30(2,26)27/h3-5,14,18-19H,6-13,15-16H2,1-2H3,(H,22,25). The van der Waals surface area contributed by atoms with Gasteiger partial charge in [0, 0.05) is 51.5 Å². The third-order valence-electron chi connectivity index (χ3n) is 5.78. The van der Waals surface area contributed by atoms with Gasteiger partial charge in [-0.3, -0.25) is 9.69 Å². The third-order valence-corrected chi connectivity index (χ3v) is 7.05. The van der Waals surface area contributed by atoms with Crippen LogP contribution in [0.5, 0.6) is 5.75 Å². The fourth-order valence-electron chi connectivity index (χ4n) is 4.19. The Morgan fingerprint density at radius 1 is 1.27 bits per heavy atom. The number of ether oxygens (including phenoxy) is 2. The number of nitrogens with one attached hydrogen (secondary N) is 1. The molecule has 1 atom stereocenters. The van der Waals surface area contributed by atoms with E-state index in [1.165, 1.54) is 6.26 Å². The zero-order valence-electron chi connectivity index (χ0n) is 17.9. The lowest BCUT2D eigenvalue weighted by Crippen LogP contribution is -2.50.